The topological polar surface area (TPSA) is 26.8 Å². The van der Waals surface area contributed by atoms with Gasteiger partial charge in [0.15, 0.2) is 0 Å². The minimum absolute atomic E-state index is 0.107. The van der Waals surface area contributed by atoms with Gasteiger partial charge in [0.05, 0.1) is 17.2 Å². The van der Waals surface area contributed by atoms with E-state index in [4.69, 9.17) is 5.26 Å². The Morgan fingerprint density at radius 3 is 2.33 bits per heavy atom. The van der Waals surface area contributed by atoms with Crippen molar-refractivity contribution in [3.05, 3.63) is 65.7 Å². The molecule has 0 radical (unpaired) electrons. The zero-order chi connectivity index (χ0) is 12.6. The molecular weight excluding hydrogens is 220 g/mol. The van der Waals surface area contributed by atoms with E-state index in [1.165, 1.54) is 11.3 Å². The van der Waals surface area contributed by atoms with Crippen molar-refractivity contribution >= 4 is 5.69 Å². The molecule has 2 aromatic carbocycles. The smallest absolute Gasteiger partial charge is 0.0991 e. The largest absolute Gasteiger partial charge is 0.358 e. The lowest BCUT2D eigenvalue weighted by atomic mass is 10.0. The number of hydrogen-bond acceptors (Lipinski definition) is 2. The van der Waals surface area contributed by atoms with Crippen molar-refractivity contribution < 1.29 is 0 Å². The van der Waals surface area contributed by atoms with Gasteiger partial charge in [0.1, 0.15) is 0 Å². The quantitative estimate of drug-likeness (QED) is 0.745. The minimum atomic E-state index is 0.107. The lowest BCUT2D eigenvalue weighted by Gasteiger charge is -2.14. The second-order valence-corrected chi connectivity index (χ2v) is 4.88. The molecule has 3 rings (SSSR count). The fourth-order valence-corrected chi connectivity index (χ4v) is 2.41. The van der Waals surface area contributed by atoms with Gasteiger partial charge in [-0.05, 0) is 36.8 Å². The van der Waals surface area contributed by atoms with Gasteiger partial charge in [0, 0.05) is 12.2 Å². The van der Waals surface area contributed by atoms with Crippen LogP contribution in [0.2, 0.25) is 0 Å². The van der Waals surface area contributed by atoms with Gasteiger partial charge >= 0.3 is 0 Å². The summed E-state index contributed by atoms with van der Waals surface area (Å²) in [5.41, 5.74) is 3.34. The van der Waals surface area contributed by atoms with Gasteiger partial charge in [-0.1, -0.05) is 30.3 Å². The predicted octanol–water partition coefficient (Wildman–Crippen LogP) is 3.29. The van der Waals surface area contributed by atoms with Crippen LogP contribution in [0.25, 0.3) is 0 Å². The van der Waals surface area contributed by atoms with Crippen molar-refractivity contribution in [2.45, 2.75) is 12.5 Å². The van der Waals surface area contributed by atoms with Crippen LogP contribution in [0.4, 0.5) is 5.69 Å². The molecule has 2 aromatic rings. The summed E-state index contributed by atoms with van der Waals surface area (Å²) in [7, 11) is 0. The summed E-state index contributed by atoms with van der Waals surface area (Å²) in [5.74, 6) is 0. The van der Waals surface area contributed by atoms with E-state index in [0.717, 1.165) is 6.54 Å². The Kier molecular flexibility index (Phi) is 2.34. The Hall–Kier alpha value is -2.27. The maximum atomic E-state index is 8.80. The molecule has 1 saturated heterocycles. The van der Waals surface area contributed by atoms with Crippen molar-refractivity contribution in [2.24, 2.45) is 0 Å². The molecule has 0 N–H and O–H groups in total. The summed E-state index contributed by atoms with van der Waals surface area (Å²) in [4.78, 5) is 2.35. The summed E-state index contributed by atoms with van der Waals surface area (Å²) in [6.45, 7) is 3.28. The number of benzene rings is 2. The van der Waals surface area contributed by atoms with Gasteiger partial charge in [-0.2, -0.15) is 5.26 Å². The van der Waals surface area contributed by atoms with Crippen molar-refractivity contribution in [1.29, 1.82) is 5.26 Å². The molecule has 1 heterocycles. The number of nitriles is 1. The number of anilines is 1. The van der Waals surface area contributed by atoms with E-state index in [9.17, 15) is 0 Å². The first-order valence-electron chi connectivity index (χ1n) is 6.07. The van der Waals surface area contributed by atoms with Crippen molar-refractivity contribution in [3.63, 3.8) is 0 Å². The molecule has 2 nitrogen and oxygen atoms in total. The van der Waals surface area contributed by atoms with Gasteiger partial charge in [-0.15, -0.1) is 0 Å². The first-order chi connectivity index (χ1) is 8.74. The Morgan fingerprint density at radius 1 is 1.06 bits per heavy atom. The third-order valence-electron chi connectivity index (χ3n) is 3.66. The molecule has 1 unspecified atom stereocenters. The third-order valence-corrected chi connectivity index (χ3v) is 3.66. The maximum Gasteiger partial charge on any atom is 0.0991 e. The molecule has 0 aromatic heterocycles. The van der Waals surface area contributed by atoms with E-state index in [1.807, 2.05) is 30.3 Å². The summed E-state index contributed by atoms with van der Waals surface area (Å²) in [6, 6.07) is 20.5. The third kappa shape index (κ3) is 1.65. The zero-order valence-electron chi connectivity index (χ0n) is 10.3. The molecule has 1 aliphatic heterocycles. The number of rotatable bonds is 2. The standard InChI is InChI=1S/C16H14N2/c1-16(14-5-3-2-4-6-14)12-18(16)15-9-7-13(11-17)8-10-15/h2-10H,12H2,1H3. The van der Waals surface area contributed by atoms with Crippen LogP contribution in [0.5, 0.6) is 0 Å². The molecule has 0 amide bonds. The molecule has 0 aliphatic carbocycles. The van der Waals surface area contributed by atoms with Crippen molar-refractivity contribution in [1.82, 2.24) is 0 Å². The van der Waals surface area contributed by atoms with Crippen LogP contribution < -0.4 is 4.90 Å². The second kappa shape index (κ2) is 3.89. The summed E-state index contributed by atoms with van der Waals surface area (Å²) >= 11 is 0. The normalized spacial score (nSPS) is 21.4. The first-order valence-corrected chi connectivity index (χ1v) is 6.07. The van der Waals surface area contributed by atoms with E-state index in [-0.39, 0.29) is 5.54 Å². The lowest BCUT2D eigenvalue weighted by Crippen LogP contribution is -2.10. The van der Waals surface area contributed by atoms with Crippen LogP contribution in [-0.4, -0.2) is 6.54 Å². The second-order valence-electron chi connectivity index (χ2n) is 4.88. The predicted molar refractivity (Wildman–Crippen MR) is 72.3 cm³/mol. The van der Waals surface area contributed by atoms with E-state index in [1.54, 1.807) is 0 Å². The van der Waals surface area contributed by atoms with Crippen LogP contribution in [0, 0.1) is 11.3 Å². The maximum absolute atomic E-state index is 8.80. The molecule has 2 heteroatoms. The first kappa shape index (κ1) is 10.9. The molecule has 0 spiro atoms. The summed E-state index contributed by atoms with van der Waals surface area (Å²) < 4.78 is 0. The fraction of sp³-hybridized carbons (Fsp3) is 0.188. The van der Waals surface area contributed by atoms with E-state index in [0.29, 0.717) is 5.56 Å². The van der Waals surface area contributed by atoms with Crippen LogP contribution in [0.1, 0.15) is 18.1 Å². The Labute approximate surface area is 107 Å². The highest BCUT2D eigenvalue weighted by Gasteiger charge is 2.48. The Balaban J connectivity index is 1.87. The van der Waals surface area contributed by atoms with E-state index >= 15 is 0 Å². The Morgan fingerprint density at radius 2 is 1.72 bits per heavy atom. The lowest BCUT2D eigenvalue weighted by molar-refractivity contribution is 0.797. The molecule has 0 saturated carbocycles. The molecule has 18 heavy (non-hydrogen) atoms. The molecule has 88 valence electrons. The summed E-state index contributed by atoms with van der Waals surface area (Å²) in [6.07, 6.45) is 0. The molecule has 1 fully saturated rings. The van der Waals surface area contributed by atoms with Gasteiger partial charge in [0.25, 0.3) is 0 Å². The number of nitrogens with zero attached hydrogens (tertiary/aromatic N) is 2. The Bertz CT molecular complexity index is 595. The van der Waals surface area contributed by atoms with Crippen molar-refractivity contribution in [2.75, 3.05) is 11.4 Å². The van der Waals surface area contributed by atoms with Gasteiger partial charge in [-0.25, -0.2) is 0 Å². The van der Waals surface area contributed by atoms with Gasteiger partial charge < -0.3 is 4.90 Å². The van der Waals surface area contributed by atoms with Gasteiger partial charge in [0.2, 0.25) is 0 Å². The SMILES string of the molecule is CC1(c2ccccc2)CN1c1ccc(C#N)cc1. The monoisotopic (exact) mass is 234 g/mol. The fourth-order valence-electron chi connectivity index (χ4n) is 2.41. The molecule has 1 atom stereocenters. The van der Waals surface area contributed by atoms with Crippen molar-refractivity contribution in [3.8, 4) is 6.07 Å². The van der Waals surface area contributed by atoms with E-state index in [2.05, 4.69) is 42.2 Å². The molecule has 0 bridgehead atoms. The average molecular weight is 234 g/mol. The highest BCUT2D eigenvalue weighted by atomic mass is 15.4. The highest BCUT2D eigenvalue weighted by Crippen LogP contribution is 2.45. The minimum Gasteiger partial charge on any atom is -0.358 e. The number of hydrogen-bond donors (Lipinski definition) is 0. The highest BCUT2D eigenvalue weighted by molar-refractivity contribution is 5.61. The molecule has 1 aliphatic rings. The summed E-state index contributed by atoms with van der Waals surface area (Å²) in [5, 5.41) is 8.80. The van der Waals surface area contributed by atoms with Crippen LogP contribution in [0.3, 0.4) is 0 Å². The van der Waals surface area contributed by atoms with Crippen LogP contribution in [-0.2, 0) is 5.54 Å². The van der Waals surface area contributed by atoms with E-state index < -0.39 is 0 Å². The van der Waals surface area contributed by atoms with Crippen LogP contribution in [0.15, 0.2) is 54.6 Å². The van der Waals surface area contributed by atoms with Gasteiger partial charge in [-0.3, -0.25) is 0 Å². The average Bonchev–Trinajstić information content (AvgIpc) is 3.14. The van der Waals surface area contributed by atoms with Crippen LogP contribution >= 0.6 is 0 Å². The zero-order valence-corrected chi connectivity index (χ0v) is 10.3. The molecular formula is C16H14N2.